The lowest BCUT2D eigenvalue weighted by molar-refractivity contribution is 0.0455. The van der Waals surface area contributed by atoms with Crippen molar-refractivity contribution in [3.05, 3.63) is 41.3 Å². The van der Waals surface area contributed by atoms with Crippen molar-refractivity contribution in [1.82, 2.24) is 35.5 Å². The van der Waals surface area contributed by atoms with Crippen LogP contribution in [0.1, 0.15) is 70.7 Å². The molecular weight excluding hydrogens is 652 g/mol. The zero-order valence-electron chi connectivity index (χ0n) is 28.0. The van der Waals surface area contributed by atoms with E-state index in [1.165, 1.54) is 4.80 Å². The second-order valence-electron chi connectivity index (χ2n) is 12.9. The Morgan fingerprint density at radius 3 is 2.73 bits per heavy atom. The van der Waals surface area contributed by atoms with E-state index in [1.807, 2.05) is 31.2 Å². The summed E-state index contributed by atoms with van der Waals surface area (Å²) < 4.78 is 15.8. The molecule has 4 heterocycles. The number of tetrazole rings is 1. The molecule has 3 aromatic rings. The minimum atomic E-state index is -1.30. The van der Waals surface area contributed by atoms with Gasteiger partial charge >= 0.3 is 6.16 Å². The molecule has 4 N–H and O–H groups in total. The molecule has 16 heteroatoms. The second-order valence-corrected chi connectivity index (χ2v) is 13.3. The standard InChI is InChI=1S/C33H45ClN10O5/c1-22(18-48-19-31-41-43-44(42-31)23(2)10-13-49-32(45)46)38-24-6-8-25(9-7-24)39-30-16-26(27(34)17-36-30)28-4-3-5-29(40-28)37-21-33(20-35)11-14-47-15-12-33/h3-5,16-17,22-25,38H,6-15,18-19,21H2,1-2H3,(H,36,39)(H,37,40)(H,45,46)/t22-,23+,24?,25?/m0/s1. The zero-order chi connectivity index (χ0) is 34.6. The van der Waals surface area contributed by atoms with Crippen molar-refractivity contribution in [2.24, 2.45) is 5.41 Å². The number of pyridine rings is 2. The van der Waals surface area contributed by atoms with E-state index in [0.29, 0.717) is 74.4 Å². The molecule has 49 heavy (non-hydrogen) atoms. The molecule has 1 saturated heterocycles. The van der Waals surface area contributed by atoms with Gasteiger partial charge in [-0.25, -0.2) is 14.8 Å². The van der Waals surface area contributed by atoms with Gasteiger partial charge in [0.15, 0.2) is 5.82 Å². The summed E-state index contributed by atoms with van der Waals surface area (Å²) in [5.41, 5.74) is 1.08. The molecule has 0 bridgehead atoms. The third-order valence-electron chi connectivity index (χ3n) is 9.00. The minimum absolute atomic E-state index is 0.0683. The first-order chi connectivity index (χ1) is 23.7. The Labute approximate surface area is 291 Å². The molecule has 2 fully saturated rings. The van der Waals surface area contributed by atoms with E-state index in [-0.39, 0.29) is 25.3 Å². The quantitative estimate of drug-likeness (QED) is 0.145. The van der Waals surface area contributed by atoms with Crippen LogP contribution in [0.3, 0.4) is 0 Å². The molecule has 2 aliphatic rings. The fourth-order valence-corrected chi connectivity index (χ4v) is 6.27. The molecule has 15 nitrogen and oxygen atoms in total. The fourth-order valence-electron chi connectivity index (χ4n) is 6.07. The van der Waals surface area contributed by atoms with Gasteiger partial charge in [-0.05, 0) is 75.8 Å². The minimum Gasteiger partial charge on any atom is -0.450 e. The Bertz CT molecular complexity index is 1550. The third kappa shape index (κ3) is 10.7. The number of aromatic nitrogens is 6. The summed E-state index contributed by atoms with van der Waals surface area (Å²) in [6.45, 7) is 6.50. The van der Waals surface area contributed by atoms with Gasteiger partial charge in [-0.2, -0.15) is 10.1 Å². The number of hydrogen-bond acceptors (Lipinski definition) is 13. The lowest BCUT2D eigenvalue weighted by Crippen LogP contribution is -2.43. The lowest BCUT2D eigenvalue weighted by Gasteiger charge is -2.32. The third-order valence-corrected chi connectivity index (χ3v) is 9.30. The van der Waals surface area contributed by atoms with Crippen molar-refractivity contribution in [2.45, 2.75) is 89.6 Å². The van der Waals surface area contributed by atoms with Crippen LogP contribution in [-0.4, -0.2) is 92.5 Å². The monoisotopic (exact) mass is 696 g/mol. The highest BCUT2D eigenvalue weighted by atomic mass is 35.5. The van der Waals surface area contributed by atoms with Crippen LogP contribution >= 0.6 is 11.6 Å². The van der Waals surface area contributed by atoms with Crippen LogP contribution in [-0.2, 0) is 20.8 Å². The van der Waals surface area contributed by atoms with Crippen LogP contribution < -0.4 is 16.0 Å². The van der Waals surface area contributed by atoms with Crippen molar-refractivity contribution in [3.8, 4) is 17.3 Å². The molecule has 264 valence electrons. The second kappa shape index (κ2) is 17.5. The Morgan fingerprint density at radius 2 is 1.98 bits per heavy atom. The van der Waals surface area contributed by atoms with Gasteiger partial charge in [-0.3, -0.25) is 0 Å². The maximum absolute atomic E-state index is 10.5. The number of nitrogens with zero attached hydrogens (tertiary/aromatic N) is 7. The number of carbonyl (C=O) groups is 1. The predicted molar refractivity (Wildman–Crippen MR) is 182 cm³/mol. The van der Waals surface area contributed by atoms with Gasteiger partial charge in [0.05, 0.1) is 41.5 Å². The number of nitrogens with one attached hydrogen (secondary N) is 3. The summed E-state index contributed by atoms with van der Waals surface area (Å²) in [4.78, 5) is 21.3. The molecule has 0 amide bonds. The molecule has 3 aromatic heterocycles. The van der Waals surface area contributed by atoms with Crippen LogP contribution in [0.2, 0.25) is 5.02 Å². The number of ether oxygens (including phenoxy) is 3. The van der Waals surface area contributed by atoms with E-state index >= 15 is 0 Å². The normalized spacial score (nSPS) is 20.1. The Hall–Kier alpha value is -4.10. The van der Waals surface area contributed by atoms with Crippen LogP contribution in [0.15, 0.2) is 30.5 Å². The van der Waals surface area contributed by atoms with E-state index in [0.717, 1.165) is 42.8 Å². The SMILES string of the molecule is C[C@H](CCOC(=O)O)n1nnc(COC[C@H](C)NC2CCC(Nc3cc(-c4cccc(NCC5(C#N)CCOCC5)n4)c(Cl)cn3)CC2)n1. The van der Waals surface area contributed by atoms with Crippen LogP contribution in [0.5, 0.6) is 0 Å². The largest absolute Gasteiger partial charge is 0.505 e. The first-order valence-corrected chi connectivity index (χ1v) is 17.2. The highest BCUT2D eigenvalue weighted by molar-refractivity contribution is 6.33. The summed E-state index contributed by atoms with van der Waals surface area (Å²) in [7, 11) is 0. The van der Waals surface area contributed by atoms with Crippen molar-refractivity contribution < 1.29 is 24.1 Å². The van der Waals surface area contributed by atoms with Crippen molar-refractivity contribution in [1.29, 1.82) is 5.26 Å². The van der Waals surface area contributed by atoms with Gasteiger partial charge in [-0.15, -0.1) is 10.2 Å². The number of nitriles is 1. The Kier molecular flexibility index (Phi) is 12.9. The number of rotatable bonds is 16. The van der Waals surface area contributed by atoms with Crippen LogP contribution in [0.4, 0.5) is 16.4 Å². The molecular formula is C33H45ClN10O5. The lowest BCUT2D eigenvalue weighted by atomic mass is 9.82. The molecule has 1 saturated carbocycles. The molecule has 2 atom stereocenters. The van der Waals surface area contributed by atoms with Crippen molar-refractivity contribution in [2.75, 3.05) is 43.6 Å². The van der Waals surface area contributed by atoms with E-state index in [4.69, 9.17) is 31.2 Å². The summed E-state index contributed by atoms with van der Waals surface area (Å²) in [5.74, 6) is 1.93. The molecule has 0 radical (unpaired) electrons. The van der Waals surface area contributed by atoms with Gasteiger partial charge in [0.2, 0.25) is 0 Å². The molecule has 1 aliphatic heterocycles. The molecule has 0 aromatic carbocycles. The number of halogens is 1. The number of carboxylic acid groups (broad SMARTS) is 1. The topological polar surface area (TPSA) is 194 Å². The molecule has 0 spiro atoms. The van der Waals surface area contributed by atoms with Crippen molar-refractivity contribution in [3.63, 3.8) is 0 Å². The van der Waals surface area contributed by atoms with E-state index in [1.54, 1.807) is 6.20 Å². The van der Waals surface area contributed by atoms with Gasteiger partial charge in [0.25, 0.3) is 0 Å². The number of anilines is 2. The summed E-state index contributed by atoms with van der Waals surface area (Å²) in [5, 5.41) is 42.0. The summed E-state index contributed by atoms with van der Waals surface area (Å²) in [6.07, 6.45) is 6.26. The molecule has 1 aliphatic carbocycles. The maximum Gasteiger partial charge on any atom is 0.505 e. The molecule has 5 rings (SSSR count). The van der Waals surface area contributed by atoms with Gasteiger partial charge in [-0.1, -0.05) is 17.7 Å². The smallest absolute Gasteiger partial charge is 0.450 e. The van der Waals surface area contributed by atoms with E-state index in [2.05, 4.69) is 54.1 Å². The molecule has 0 unspecified atom stereocenters. The van der Waals surface area contributed by atoms with Gasteiger partial charge in [0.1, 0.15) is 18.2 Å². The van der Waals surface area contributed by atoms with Gasteiger partial charge in [0, 0.05) is 56.1 Å². The highest BCUT2D eigenvalue weighted by Gasteiger charge is 2.32. The highest BCUT2D eigenvalue weighted by Crippen LogP contribution is 2.32. The Balaban J connectivity index is 1.04. The summed E-state index contributed by atoms with van der Waals surface area (Å²) in [6, 6.07) is 10.9. The van der Waals surface area contributed by atoms with Gasteiger partial charge < -0.3 is 35.3 Å². The van der Waals surface area contributed by atoms with E-state index < -0.39 is 11.6 Å². The maximum atomic E-state index is 10.5. The van der Waals surface area contributed by atoms with Crippen LogP contribution in [0.25, 0.3) is 11.3 Å². The average molecular weight is 697 g/mol. The average Bonchev–Trinajstić information content (AvgIpc) is 3.58. The van der Waals surface area contributed by atoms with Crippen LogP contribution in [0, 0.1) is 16.7 Å². The number of hydrogen-bond donors (Lipinski definition) is 4. The van der Waals surface area contributed by atoms with E-state index in [9.17, 15) is 10.1 Å². The fraction of sp³-hybridized carbons (Fsp3) is 0.606. The first kappa shape index (κ1) is 36.2. The first-order valence-electron chi connectivity index (χ1n) is 16.8. The summed E-state index contributed by atoms with van der Waals surface area (Å²) >= 11 is 6.59. The predicted octanol–water partition coefficient (Wildman–Crippen LogP) is 5.08. The van der Waals surface area contributed by atoms with Crippen molar-refractivity contribution >= 4 is 29.4 Å². The zero-order valence-corrected chi connectivity index (χ0v) is 28.7. The Morgan fingerprint density at radius 1 is 1.20 bits per heavy atom.